The predicted molar refractivity (Wildman–Crippen MR) is 75.3 cm³/mol. The van der Waals surface area contributed by atoms with E-state index in [2.05, 4.69) is 39.0 Å². The Balaban J connectivity index is 2.56. The van der Waals surface area contributed by atoms with Gasteiger partial charge in [0.1, 0.15) is 0 Å². The summed E-state index contributed by atoms with van der Waals surface area (Å²) in [6.07, 6.45) is 0. The van der Waals surface area contributed by atoms with Crippen LogP contribution in [0.25, 0.3) is 11.1 Å². The summed E-state index contributed by atoms with van der Waals surface area (Å²) in [5.74, 6) is 0. The Hall–Kier alpha value is -2.07. The fraction of sp³-hybridized carbons (Fsp3) is 0.235. The summed E-state index contributed by atoms with van der Waals surface area (Å²) in [6.45, 7) is 6.48. The van der Waals surface area contributed by atoms with Gasteiger partial charge in [-0.15, -0.1) is 0 Å². The molecule has 0 heterocycles. The normalized spacial score (nSPS) is 11.0. The third-order valence-corrected chi connectivity index (χ3v) is 3.09. The average molecular weight is 235 g/mol. The Morgan fingerprint density at radius 1 is 0.944 bits per heavy atom. The Morgan fingerprint density at radius 3 is 2.17 bits per heavy atom. The van der Waals surface area contributed by atoms with Gasteiger partial charge in [0.2, 0.25) is 0 Å². The van der Waals surface area contributed by atoms with E-state index in [0.29, 0.717) is 0 Å². The highest BCUT2D eigenvalue weighted by Crippen LogP contribution is 2.29. The van der Waals surface area contributed by atoms with Crippen molar-refractivity contribution in [3.05, 3.63) is 59.7 Å². The molecule has 0 aromatic heterocycles. The second-order valence-electron chi connectivity index (χ2n) is 5.49. The maximum Gasteiger partial charge on any atom is 0.0998 e. The molecule has 0 amide bonds. The Labute approximate surface area is 109 Å². The van der Waals surface area contributed by atoms with Crippen LogP contribution >= 0.6 is 0 Å². The molecule has 0 saturated carbocycles. The molecule has 0 fully saturated rings. The first-order valence-electron chi connectivity index (χ1n) is 6.12. The van der Waals surface area contributed by atoms with Gasteiger partial charge in [-0.1, -0.05) is 63.2 Å². The zero-order chi connectivity index (χ0) is 13.2. The zero-order valence-electron chi connectivity index (χ0n) is 11.1. The van der Waals surface area contributed by atoms with Crippen LogP contribution in [0, 0.1) is 11.3 Å². The van der Waals surface area contributed by atoms with Gasteiger partial charge in [0.15, 0.2) is 0 Å². The molecule has 0 radical (unpaired) electrons. The minimum atomic E-state index is 0.0703. The van der Waals surface area contributed by atoms with E-state index in [1.165, 1.54) is 5.56 Å². The van der Waals surface area contributed by atoms with Gasteiger partial charge < -0.3 is 0 Å². The fourth-order valence-corrected chi connectivity index (χ4v) is 1.97. The number of hydrogen-bond acceptors (Lipinski definition) is 1. The number of hydrogen-bond donors (Lipinski definition) is 0. The van der Waals surface area contributed by atoms with E-state index >= 15 is 0 Å². The van der Waals surface area contributed by atoms with Gasteiger partial charge in [0, 0.05) is 0 Å². The molecule has 0 aliphatic carbocycles. The molecule has 2 aromatic rings. The molecule has 2 rings (SSSR count). The van der Waals surface area contributed by atoms with Crippen molar-refractivity contribution >= 4 is 0 Å². The first-order valence-corrected chi connectivity index (χ1v) is 6.12. The predicted octanol–water partition coefficient (Wildman–Crippen LogP) is 4.52. The molecule has 1 heteroatoms. The Morgan fingerprint density at radius 2 is 1.61 bits per heavy atom. The number of nitrogens with zero attached hydrogens (tertiary/aromatic N) is 1. The van der Waals surface area contributed by atoms with E-state index in [1.807, 2.05) is 36.4 Å². The zero-order valence-corrected chi connectivity index (χ0v) is 11.1. The topological polar surface area (TPSA) is 23.8 Å². The van der Waals surface area contributed by atoms with Crippen LogP contribution in [0.2, 0.25) is 0 Å². The van der Waals surface area contributed by atoms with E-state index in [0.717, 1.165) is 16.7 Å². The van der Waals surface area contributed by atoms with Crippen LogP contribution in [0.4, 0.5) is 0 Å². The van der Waals surface area contributed by atoms with Gasteiger partial charge >= 0.3 is 0 Å². The van der Waals surface area contributed by atoms with Gasteiger partial charge in [-0.25, -0.2) is 0 Å². The van der Waals surface area contributed by atoms with Crippen molar-refractivity contribution in [3.63, 3.8) is 0 Å². The average Bonchev–Trinajstić information content (AvgIpc) is 2.38. The minimum Gasteiger partial charge on any atom is -0.192 e. The van der Waals surface area contributed by atoms with Crippen LogP contribution in [0.1, 0.15) is 31.9 Å². The Bertz CT molecular complexity index is 583. The van der Waals surface area contributed by atoms with Crippen LogP contribution in [-0.4, -0.2) is 0 Å². The standard InChI is InChI=1S/C17H17N/c1-17(2,3)15-9-10-16(14(11-15)12-18)13-7-5-4-6-8-13/h4-11H,1-3H3. The third kappa shape index (κ3) is 2.43. The summed E-state index contributed by atoms with van der Waals surface area (Å²) >= 11 is 0. The van der Waals surface area contributed by atoms with Crippen LogP contribution < -0.4 is 0 Å². The summed E-state index contributed by atoms with van der Waals surface area (Å²) < 4.78 is 0. The van der Waals surface area contributed by atoms with Crippen molar-refractivity contribution < 1.29 is 0 Å². The third-order valence-electron chi connectivity index (χ3n) is 3.09. The first kappa shape index (κ1) is 12.4. The number of benzene rings is 2. The number of rotatable bonds is 1. The smallest absolute Gasteiger partial charge is 0.0998 e. The van der Waals surface area contributed by atoms with Gasteiger partial charge in [-0.05, 0) is 28.2 Å². The SMILES string of the molecule is CC(C)(C)c1ccc(-c2ccccc2)c(C#N)c1. The van der Waals surface area contributed by atoms with Gasteiger partial charge in [0.05, 0.1) is 11.6 Å². The molecular weight excluding hydrogens is 218 g/mol. The van der Waals surface area contributed by atoms with Gasteiger partial charge in [0.25, 0.3) is 0 Å². The molecule has 0 saturated heterocycles. The van der Waals surface area contributed by atoms with E-state index in [9.17, 15) is 5.26 Å². The second kappa shape index (κ2) is 4.66. The van der Waals surface area contributed by atoms with Gasteiger partial charge in [-0.2, -0.15) is 5.26 Å². The maximum absolute atomic E-state index is 9.32. The maximum atomic E-state index is 9.32. The lowest BCUT2D eigenvalue weighted by atomic mass is 9.84. The molecule has 0 unspecified atom stereocenters. The summed E-state index contributed by atoms with van der Waals surface area (Å²) in [7, 11) is 0. The van der Waals surface area contributed by atoms with Crippen molar-refractivity contribution in [1.29, 1.82) is 5.26 Å². The molecule has 0 bridgehead atoms. The molecular formula is C17H17N. The lowest BCUT2D eigenvalue weighted by molar-refractivity contribution is 0.590. The molecule has 90 valence electrons. The molecule has 0 spiro atoms. The van der Waals surface area contributed by atoms with E-state index < -0.39 is 0 Å². The number of nitriles is 1. The molecule has 2 aromatic carbocycles. The molecule has 0 N–H and O–H groups in total. The molecule has 0 atom stereocenters. The molecule has 1 nitrogen and oxygen atoms in total. The van der Waals surface area contributed by atoms with Crippen LogP contribution in [0.3, 0.4) is 0 Å². The van der Waals surface area contributed by atoms with Crippen LogP contribution in [0.5, 0.6) is 0 Å². The second-order valence-corrected chi connectivity index (χ2v) is 5.49. The van der Waals surface area contributed by atoms with Crippen LogP contribution in [-0.2, 0) is 5.41 Å². The monoisotopic (exact) mass is 235 g/mol. The molecule has 0 aliphatic rings. The Kier molecular flexibility index (Phi) is 3.21. The van der Waals surface area contributed by atoms with E-state index in [4.69, 9.17) is 0 Å². The largest absolute Gasteiger partial charge is 0.192 e. The van der Waals surface area contributed by atoms with E-state index in [1.54, 1.807) is 0 Å². The summed E-state index contributed by atoms with van der Waals surface area (Å²) in [5.41, 5.74) is 4.11. The highest BCUT2D eigenvalue weighted by Gasteiger charge is 2.15. The van der Waals surface area contributed by atoms with Crippen molar-refractivity contribution in [2.75, 3.05) is 0 Å². The summed E-state index contributed by atoms with van der Waals surface area (Å²) in [4.78, 5) is 0. The quantitative estimate of drug-likeness (QED) is 0.712. The highest BCUT2D eigenvalue weighted by molar-refractivity contribution is 5.71. The van der Waals surface area contributed by atoms with E-state index in [-0.39, 0.29) is 5.41 Å². The molecule has 0 aliphatic heterocycles. The van der Waals surface area contributed by atoms with Crippen molar-refractivity contribution in [1.82, 2.24) is 0 Å². The van der Waals surface area contributed by atoms with Crippen molar-refractivity contribution in [2.24, 2.45) is 0 Å². The minimum absolute atomic E-state index is 0.0703. The van der Waals surface area contributed by atoms with Crippen molar-refractivity contribution in [2.45, 2.75) is 26.2 Å². The van der Waals surface area contributed by atoms with Gasteiger partial charge in [-0.3, -0.25) is 0 Å². The van der Waals surface area contributed by atoms with Crippen LogP contribution in [0.15, 0.2) is 48.5 Å². The fourth-order valence-electron chi connectivity index (χ4n) is 1.97. The van der Waals surface area contributed by atoms with Crippen molar-refractivity contribution in [3.8, 4) is 17.2 Å². The lowest BCUT2D eigenvalue weighted by Crippen LogP contribution is -2.11. The first-order chi connectivity index (χ1) is 8.52. The summed E-state index contributed by atoms with van der Waals surface area (Å²) in [5, 5.41) is 9.32. The highest BCUT2D eigenvalue weighted by atomic mass is 14.3. The summed E-state index contributed by atoms with van der Waals surface area (Å²) in [6, 6.07) is 18.5. The lowest BCUT2D eigenvalue weighted by Gasteiger charge is -2.20. The molecule has 18 heavy (non-hydrogen) atoms.